The molecule has 0 spiro atoms. The Morgan fingerprint density at radius 1 is 1.10 bits per heavy atom. The third kappa shape index (κ3) is 3.04. The molecule has 0 amide bonds. The molecule has 0 unspecified atom stereocenters. The molecule has 0 aliphatic rings. The first-order valence-electron chi connectivity index (χ1n) is 5.78. The maximum atomic E-state index is 12.5. The van der Waals surface area contributed by atoms with Gasteiger partial charge in [-0.2, -0.15) is 0 Å². The normalized spacial score (nSPS) is 11.4. The van der Waals surface area contributed by atoms with E-state index in [4.69, 9.17) is 28.9 Å². The van der Waals surface area contributed by atoms with Crippen LogP contribution < -0.4 is 10.5 Å². The Morgan fingerprint density at radius 3 is 2.19 bits per heavy atom. The molecule has 0 saturated carbocycles. The van der Waals surface area contributed by atoms with E-state index < -0.39 is 10.0 Å². The SMILES string of the molecule is Cc1ccc(C)c(S(=O)(=O)Nc2c(Cl)ncnc2Cl)c1N. The van der Waals surface area contributed by atoms with Gasteiger partial charge in [0.2, 0.25) is 0 Å². The number of hydrogen-bond donors (Lipinski definition) is 2. The highest BCUT2D eigenvalue weighted by Crippen LogP contribution is 2.32. The largest absolute Gasteiger partial charge is 0.397 e. The maximum Gasteiger partial charge on any atom is 0.264 e. The number of anilines is 2. The van der Waals surface area contributed by atoms with E-state index >= 15 is 0 Å². The zero-order valence-corrected chi connectivity index (χ0v) is 13.5. The van der Waals surface area contributed by atoms with Crippen molar-refractivity contribution in [2.75, 3.05) is 10.5 Å². The predicted octanol–water partition coefficient (Wildman–Crippen LogP) is 2.78. The van der Waals surface area contributed by atoms with Crippen LogP contribution in [0.3, 0.4) is 0 Å². The van der Waals surface area contributed by atoms with E-state index in [0.29, 0.717) is 11.1 Å². The Labute approximate surface area is 132 Å². The molecule has 0 radical (unpaired) electrons. The van der Waals surface area contributed by atoms with Gasteiger partial charge in [0.05, 0.1) is 5.69 Å². The van der Waals surface area contributed by atoms with Crippen LogP contribution >= 0.6 is 23.2 Å². The van der Waals surface area contributed by atoms with Crippen molar-refractivity contribution in [1.29, 1.82) is 0 Å². The third-order valence-electron chi connectivity index (χ3n) is 2.87. The average Bonchev–Trinajstić information content (AvgIpc) is 2.39. The molecule has 0 fully saturated rings. The predicted molar refractivity (Wildman–Crippen MR) is 83.2 cm³/mol. The quantitative estimate of drug-likeness (QED) is 0.657. The highest BCUT2D eigenvalue weighted by Gasteiger charge is 2.24. The zero-order chi connectivity index (χ0) is 15.8. The molecule has 2 rings (SSSR count). The molecule has 0 saturated heterocycles. The summed E-state index contributed by atoms with van der Waals surface area (Å²) in [7, 11) is -3.97. The van der Waals surface area contributed by atoms with Crippen LogP contribution in [0.2, 0.25) is 10.3 Å². The van der Waals surface area contributed by atoms with Crippen LogP contribution in [0.5, 0.6) is 0 Å². The average molecular weight is 347 g/mol. The highest BCUT2D eigenvalue weighted by atomic mass is 35.5. The number of nitrogen functional groups attached to an aromatic ring is 1. The minimum atomic E-state index is -3.97. The summed E-state index contributed by atoms with van der Waals surface area (Å²) >= 11 is 11.7. The van der Waals surface area contributed by atoms with Crippen LogP contribution in [-0.2, 0) is 10.0 Å². The van der Waals surface area contributed by atoms with Gasteiger partial charge in [-0.15, -0.1) is 0 Å². The van der Waals surface area contributed by atoms with Crippen LogP contribution in [0.4, 0.5) is 11.4 Å². The summed E-state index contributed by atoms with van der Waals surface area (Å²) in [4.78, 5) is 7.37. The van der Waals surface area contributed by atoms with E-state index in [9.17, 15) is 8.42 Å². The molecule has 9 heteroatoms. The number of aryl methyl sites for hydroxylation is 2. The van der Waals surface area contributed by atoms with Gasteiger partial charge in [0.1, 0.15) is 16.9 Å². The summed E-state index contributed by atoms with van der Waals surface area (Å²) in [6, 6.07) is 3.42. The molecule has 0 aliphatic carbocycles. The van der Waals surface area contributed by atoms with Gasteiger partial charge < -0.3 is 5.73 Å². The Bertz CT molecular complexity index is 789. The molecule has 21 heavy (non-hydrogen) atoms. The first kappa shape index (κ1) is 15.8. The number of nitrogens with zero attached hydrogens (tertiary/aromatic N) is 2. The van der Waals surface area contributed by atoms with Crippen molar-refractivity contribution in [3.63, 3.8) is 0 Å². The van der Waals surface area contributed by atoms with Crippen molar-refractivity contribution >= 4 is 44.6 Å². The van der Waals surface area contributed by atoms with Gasteiger partial charge >= 0.3 is 0 Å². The molecule has 1 aromatic heterocycles. The van der Waals surface area contributed by atoms with Gasteiger partial charge in [0.15, 0.2) is 10.3 Å². The molecule has 1 aromatic carbocycles. The summed E-state index contributed by atoms with van der Waals surface area (Å²) in [6.45, 7) is 3.37. The molecular weight excluding hydrogens is 335 g/mol. The van der Waals surface area contributed by atoms with E-state index in [1.54, 1.807) is 26.0 Å². The minimum absolute atomic E-state index is 0.0153. The summed E-state index contributed by atoms with van der Waals surface area (Å²) in [5.74, 6) is 0. The van der Waals surface area contributed by atoms with Crippen molar-refractivity contribution < 1.29 is 8.42 Å². The van der Waals surface area contributed by atoms with Gasteiger partial charge in [-0.05, 0) is 25.0 Å². The lowest BCUT2D eigenvalue weighted by Gasteiger charge is -2.15. The van der Waals surface area contributed by atoms with Gasteiger partial charge in [-0.1, -0.05) is 35.3 Å². The Morgan fingerprint density at radius 2 is 1.62 bits per heavy atom. The molecule has 0 bridgehead atoms. The summed E-state index contributed by atoms with van der Waals surface area (Å²) in [6.07, 6.45) is 1.13. The second-order valence-corrected chi connectivity index (χ2v) is 6.71. The monoisotopic (exact) mass is 346 g/mol. The molecule has 6 nitrogen and oxygen atoms in total. The van der Waals surface area contributed by atoms with E-state index in [0.717, 1.165) is 6.33 Å². The Kier molecular flexibility index (Phi) is 4.27. The summed E-state index contributed by atoms with van der Waals surface area (Å²) < 4.78 is 27.4. The second-order valence-electron chi connectivity index (χ2n) is 4.38. The van der Waals surface area contributed by atoms with Gasteiger partial charge in [0, 0.05) is 0 Å². The lowest BCUT2D eigenvalue weighted by Crippen LogP contribution is -2.17. The van der Waals surface area contributed by atoms with E-state index in [1.807, 2.05) is 0 Å². The first-order chi connectivity index (χ1) is 9.74. The third-order valence-corrected chi connectivity index (χ3v) is 5.00. The number of nitrogens with one attached hydrogen (secondary N) is 1. The van der Waals surface area contributed by atoms with Crippen molar-refractivity contribution in [3.05, 3.63) is 39.9 Å². The molecular formula is C12H12Cl2N4O2S. The van der Waals surface area contributed by atoms with Crippen LogP contribution in [0.15, 0.2) is 23.4 Å². The minimum Gasteiger partial charge on any atom is -0.397 e. The smallest absolute Gasteiger partial charge is 0.264 e. The fourth-order valence-electron chi connectivity index (χ4n) is 1.78. The lowest BCUT2D eigenvalue weighted by molar-refractivity contribution is 0.601. The number of nitrogens with two attached hydrogens (primary N) is 1. The van der Waals surface area contributed by atoms with Gasteiger partial charge in [-0.3, -0.25) is 4.72 Å². The van der Waals surface area contributed by atoms with Crippen LogP contribution in [0.25, 0.3) is 0 Å². The number of rotatable bonds is 3. The van der Waals surface area contributed by atoms with Crippen molar-refractivity contribution in [1.82, 2.24) is 9.97 Å². The second kappa shape index (κ2) is 5.67. The zero-order valence-electron chi connectivity index (χ0n) is 11.2. The molecule has 3 N–H and O–H groups in total. The lowest BCUT2D eigenvalue weighted by atomic mass is 10.1. The van der Waals surface area contributed by atoms with Gasteiger partial charge in [-0.25, -0.2) is 18.4 Å². The number of aromatic nitrogens is 2. The topological polar surface area (TPSA) is 98.0 Å². The van der Waals surface area contributed by atoms with Crippen LogP contribution in [-0.4, -0.2) is 18.4 Å². The fraction of sp³-hybridized carbons (Fsp3) is 0.167. The fourth-order valence-corrected chi connectivity index (χ4v) is 3.81. The molecule has 1 heterocycles. The van der Waals surface area contributed by atoms with Crippen molar-refractivity contribution in [2.24, 2.45) is 0 Å². The Balaban J connectivity index is 2.57. The van der Waals surface area contributed by atoms with Crippen molar-refractivity contribution in [3.8, 4) is 0 Å². The van der Waals surface area contributed by atoms with Gasteiger partial charge in [0.25, 0.3) is 10.0 Å². The number of hydrogen-bond acceptors (Lipinski definition) is 5. The molecule has 2 aromatic rings. The van der Waals surface area contributed by atoms with Crippen molar-refractivity contribution in [2.45, 2.75) is 18.7 Å². The summed E-state index contributed by atoms with van der Waals surface area (Å²) in [5.41, 5.74) is 7.14. The summed E-state index contributed by atoms with van der Waals surface area (Å²) in [5, 5.41) is -0.190. The highest BCUT2D eigenvalue weighted by molar-refractivity contribution is 7.93. The standard InChI is InChI=1S/C12H12Cl2N4O2S/c1-6-3-4-7(2)10(8(6)15)21(19,20)18-9-11(13)16-5-17-12(9)14/h3-5,18H,15H2,1-2H3. The van der Waals surface area contributed by atoms with E-state index in [2.05, 4.69) is 14.7 Å². The van der Waals surface area contributed by atoms with Crippen LogP contribution in [0.1, 0.15) is 11.1 Å². The first-order valence-corrected chi connectivity index (χ1v) is 8.02. The molecule has 112 valence electrons. The maximum absolute atomic E-state index is 12.5. The van der Waals surface area contributed by atoms with E-state index in [-0.39, 0.29) is 26.6 Å². The van der Waals surface area contributed by atoms with Crippen LogP contribution in [0, 0.1) is 13.8 Å². The van der Waals surface area contributed by atoms with E-state index in [1.165, 1.54) is 0 Å². The molecule has 0 aliphatic heterocycles. The number of sulfonamides is 1. The number of benzene rings is 1. The Hall–Kier alpha value is -1.57. The molecule has 0 atom stereocenters. The number of halogens is 2.